The largest absolute Gasteiger partial charge is 0.373 e. The van der Waals surface area contributed by atoms with Gasteiger partial charge in [-0.1, -0.05) is 12.1 Å². The summed E-state index contributed by atoms with van der Waals surface area (Å²) in [6.45, 7) is 3.92. The fraction of sp³-hybridized carbons (Fsp3) is 0.409. The van der Waals surface area contributed by atoms with Gasteiger partial charge in [-0.25, -0.2) is 4.39 Å². The SMILES string of the molecule is Cc1ccc(F)c2c1NC(C(=O)Nc1cccc(N3CCC(N(C)C)C3)c1)C2. The van der Waals surface area contributed by atoms with Gasteiger partial charge in [-0.3, -0.25) is 4.79 Å². The summed E-state index contributed by atoms with van der Waals surface area (Å²) in [7, 11) is 4.23. The van der Waals surface area contributed by atoms with Crippen molar-refractivity contribution in [3.63, 3.8) is 0 Å². The van der Waals surface area contributed by atoms with Crippen LogP contribution >= 0.6 is 0 Å². The average molecular weight is 382 g/mol. The third-order valence-electron chi connectivity index (χ3n) is 5.88. The van der Waals surface area contributed by atoms with Gasteiger partial charge in [0.15, 0.2) is 0 Å². The topological polar surface area (TPSA) is 47.6 Å². The summed E-state index contributed by atoms with van der Waals surface area (Å²) in [5.74, 6) is -0.394. The molecule has 0 aromatic heterocycles. The highest BCUT2D eigenvalue weighted by Gasteiger charge is 2.30. The number of benzene rings is 2. The summed E-state index contributed by atoms with van der Waals surface area (Å²) in [6, 6.07) is 11.3. The van der Waals surface area contributed by atoms with Crippen LogP contribution in [-0.4, -0.2) is 50.1 Å². The van der Waals surface area contributed by atoms with E-state index in [1.165, 1.54) is 6.07 Å². The minimum atomic E-state index is -0.459. The Balaban J connectivity index is 1.43. The zero-order chi connectivity index (χ0) is 19.8. The van der Waals surface area contributed by atoms with E-state index in [0.717, 1.165) is 42.1 Å². The van der Waals surface area contributed by atoms with Crippen LogP contribution in [0.5, 0.6) is 0 Å². The first-order valence-electron chi connectivity index (χ1n) is 9.79. The van der Waals surface area contributed by atoms with Crippen molar-refractivity contribution in [2.45, 2.75) is 31.8 Å². The van der Waals surface area contributed by atoms with Crippen LogP contribution in [0.15, 0.2) is 36.4 Å². The number of rotatable bonds is 4. The molecule has 0 saturated carbocycles. The fourth-order valence-electron chi connectivity index (χ4n) is 4.14. The van der Waals surface area contributed by atoms with Crippen molar-refractivity contribution in [2.24, 2.45) is 0 Å². The molecule has 2 atom stereocenters. The van der Waals surface area contributed by atoms with Crippen LogP contribution in [0.3, 0.4) is 0 Å². The maximum atomic E-state index is 14.1. The van der Waals surface area contributed by atoms with Gasteiger partial charge < -0.3 is 20.4 Å². The van der Waals surface area contributed by atoms with Crippen LogP contribution < -0.4 is 15.5 Å². The number of anilines is 3. The van der Waals surface area contributed by atoms with E-state index in [2.05, 4.69) is 40.6 Å². The highest BCUT2D eigenvalue weighted by atomic mass is 19.1. The molecule has 0 spiro atoms. The van der Waals surface area contributed by atoms with Crippen molar-refractivity contribution in [3.8, 4) is 0 Å². The lowest BCUT2D eigenvalue weighted by Crippen LogP contribution is -2.33. The smallest absolute Gasteiger partial charge is 0.247 e. The highest BCUT2D eigenvalue weighted by molar-refractivity contribution is 5.98. The van der Waals surface area contributed by atoms with E-state index in [0.29, 0.717) is 18.0 Å². The van der Waals surface area contributed by atoms with Crippen molar-refractivity contribution in [3.05, 3.63) is 53.3 Å². The quantitative estimate of drug-likeness (QED) is 0.852. The number of likely N-dealkylation sites (N-methyl/N-ethyl adjacent to an activating group) is 1. The average Bonchev–Trinajstić information content (AvgIpc) is 3.33. The molecular formula is C22H27FN4O. The number of carbonyl (C=O) groups is 1. The first kappa shape index (κ1) is 18.7. The number of hydrogen-bond donors (Lipinski definition) is 2. The van der Waals surface area contributed by atoms with Crippen LogP contribution in [0, 0.1) is 12.7 Å². The van der Waals surface area contributed by atoms with E-state index in [-0.39, 0.29) is 11.7 Å². The Labute approximate surface area is 165 Å². The zero-order valence-corrected chi connectivity index (χ0v) is 16.6. The van der Waals surface area contributed by atoms with Gasteiger partial charge in [0.05, 0.1) is 0 Å². The predicted octanol–water partition coefficient (Wildman–Crippen LogP) is 3.25. The van der Waals surface area contributed by atoms with Crippen molar-refractivity contribution >= 4 is 23.0 Å². The molecule has 1 amide bonds. The molecule has 28 heavy (non-hydrogen) atoms. The molecule has 2 heterocycles. The van der Waals surface area contributed by atoms with Crippen molar-refractivity contribution in [1.82, 2.24) is 4.90 Å². The van der Waals surface area contributed by atoms with E-state index in [1.54, 1.807) is 6.07 Å². The van der Waals surface area contributed by atoms with Gasteiger partial charge in [-0.15, -0.1) is 0 Å². The number of nitrogens with one attached hydrogen (secondary N) is 2. The molecule has 0 bridgehead atoms. The predicted molar refractivity (Wildman–Crippen MR) is 112 cm³/mol. The molecule has 5 nitrogen and oxygen atoms in total. The number of aryl methyl sites for hydroxylation is 1. The molecule has 0 aliphatic carbocycles. The molecule has 2 N–H and O–H groups in total. The number of halogens is 1. The molecule has 0 radical (unpaired) electrons. The van der Waals surface area contributed by atoms with E-state index in [1.807, 2.05) is 25.1 Å². The van der Waals surface area contributed by atoms with Gasteiger partial charge >= 0.3 is 0 Å². The van der Waals surface area contributed by atoms with Gasteiger partial charge in [0.25, 0.3) is 0 Å². The summed E-state index contributed by atoms with van der Waals surface area (Å²) >= 11 is 0. The van der Waals surface area contributed by atoms with E-state index >= 15 is 0 Å². The summed E-state index contributed by atoms with van der Waals surface area (Å²) in [5.41, 5.74) is 4.19. The van der Waals surface area contributed by atoms with Gasteiger partial charge in [-0.2, -0.15) is 0 Å². The van der Waals surface area contributed by atoms with Crippen molar-refractivity contribution in [2.75, 3.05) is 42.7 Å². The fourth-order valence-corrected chi connectivity index (χ4v) is 4.14. The second-order valence-corrected chi connectivity index (χ2v) is 8.01. The molecule has 2 aromatic carbocycles. The number of carbonyl (C=O) groups excluding carboxylic acids is 1. The summed E-state index contributed by atoms with van der Waals surface area (Å²) in [6.07, 6.45) is 1.50. The Morgan fingerprint density at radius 3 is 2.82 bits per heavy atom. The van der Waals surface area contributed by atoms with Gasteiger partial charge in [0.1, 0.15) is 11.9 Å². The molecule has 1 fully saturated rings. The molecular weight excluding hydrogens is 355 g/mol. The monoisotopic (exact) mass is 382 g/mol. The summed E-state index contributed by atoms with van der Waals surface area (Å²) in [5, 5.41) is 6.18. The standard InChI is InChI=1S/C22H27FN4O/c1-14-7-8-19(23)18-12-20(25-21(14)18)22(28)24-15-5-4-6-16(11-15)27-10-9-17(13-27)26(2)3/h4-8,11,17,20,25H,9-10,12-13H2,1-3H3,(H,24,28). The molecule has 1 saturated heterocycles. The van der Waals surface area contributed by atoms with Gasteiger partial charge in [0, 0.05) is 48.2 Å². The van der Waals surface area contributed by atoms with E-state index < -0.39 is 6.04 Å². The second-order valence-electron chi connectivity index (χ2n) is 8.01. The minimum Gasteiger partial charge on any atom is -0.373 e. The maximum Gasteiger partial charge on any atom is 0.247 e. The second kappa shape index (κ2) is 7.43. The lowest BCUT2D eigenvalue weighted by atomic mass is 10.1. The van der Waals surface area contributed by atoms with E-state index in [4.69, 9.17) is 0 Å². The van der Waals surface area contributed by atoms with E-state index in [9.17, 15) is 9.18 Å². The van der Waals surface area contributed by atoms with Crippen LogP contribution in [0.25, 0.3) is 0 Å². The number of nitrogens with zero attached hydrogens (tertiary/aromatic N) is 2. The third kappa shape index (κ3) is 3.56. The molecule has 4 rings (SSSR count). The Morgan fingerprint density at radius 1 is 1.29 bits per heavy atom. The molecule has 2 aliphatic rings. The third-order valence-corrected chi connectivity index (χ3v) is 5.88. The minimum absolute atomic E-state index is 0.139. The Kier molecular flexibility index (Phi) is 4.98. The van der Waals surface area contributed by atoms with Crippen LogP contribution in [0.2, 0.25) is 0 Å². The van der Waals surface area contributed by atoms with Gasteiger partial charge in [0.2, 0.25) is 5.91 Å². The zero-order valence-electron chi connectivity index (χ0n) is 16.6. The lowest BCUT2D eigenvalue weighted by molar-refractivity contribution is -0.116. The Bertz CT molecular complexity index is 867. The molecule has 148 valence electrons. The first-order chi connectivity index (χ1) is 13.4. The van der Waals surface area contributed by atoms with Crippen molar-refractivity contribution < 1.29 is 9.18 Å². The number of fused-ring (bicyclic) bond motifs is 1. The highest BCUT2D eigenvalue weighted by Crippen LogP contribution is 2.32. The van der Waals surface area contributed by atoms with Crippen LogP contribution in [-0.2, 0) is 11.2 Å². The van der Waals surface area contributed by atoms with Gasteiger partial charge in [-0.05, 0) is 57.3 Å². The Morgan fingerprint density at radius 2 is 2.11 bits per heavy atom. The molecule has 6 heteroatoms. The lowest BCUT2D eigenvalue weighted by Gasteiger charge is -2.22. The molecule has 2 unspecified atom stereocenters. The summed E-state index contributed by atoms with van der Waals surface area (Å²) in [4.78, 5) is 17.4. The molecule has 2 aliphatic heterocycles. The van der Waals surface area contributed by atoms with Crippen molar-refractivity contribution in [1.29, 1.82) is 0 Å². The number of amides is 1. The number of hydrogen-bond acceptors (Lipinski definition) is 4. The van der Waals surface area contributed by atoms with Crippen LogP contribution in [0.4, 0.5) is 21.5 Å². The van der Waals surface area contributed by atoms with Crippen LogP contribution in [0.1, 0.15) is 17.5 Å². The Hall–Kier alpha value is -2.60. The normalized spacial score (nSPS) is 21.0. The first-order valence-corrected chi connectivity index (χ1v) is 9.79. The maximum absolute atomic E-state index is 14.1. The summed E-state index contributed by atoms with van der Waals surface area (Å²) < 4.78 is 14.1. The molecule has 2 aromatic rings.